The van der Waals surface area contributed by atoms with Crippen LogP contribution in [0.3, 0.4) is 0 Å². The fourth-order valence-electron chi connectivity index (χ4n) is 2.83. The lowest BCUT2D eigenvalue weighted by Gasteiger charge is -2.16. The van der Waals surface area contributed by atoms with Crippen molar-refractivity contribution in [1.82, 2.24) is 14.7 Å². The number of carbonyl (C=O) groups excluding carboxylic acids is 1. The van der Waals surface area contributed by atoms with Crippen LogP contribution in [0.1, 0.15) is 30.3 Å². The Hall–Kier alpha value is -1.85. The molecule has 1 fully saturated rings. The Morgan fingerprint density at radius 2 is 2.10 bits per heavy atom. The van der Waals surface area contributed by atoms with Crippen molar-refractivity contribution in [2.45, 2.75) is 40.2 Å². The van der Waals surface area contributed by atoms with Crippen LogP contribution in [-0.4, -0.2) is 44.8 Å². The van der Waals surface area contributed by atoms with E-state index in [0.29, 0.717) is 19.6 Å². The first-order valence-corrected chi connectivity index (χ1v) is 6.97. The van der Waals surface area contributed by atoms with E-state index in [1.165, 1.54) is 5.56 Å². The molecule has 0 aromatic carbocycles. The molecule has 0 spiro atoms. The second-order valence-corrected chi connectivity index (χ2v) is 5.31. The van der Waals surface area contributed by atoms with Crippen molar-refractivity contribution in [3.8, 4) is 0 Å². The van der Waals surface area contributed by atoms with Crippen LogP contribution in [-0.2, 0) is 22.6 Å². The van der Waals surface area contributed by atoms with Gasteiger partial charge in [-0.2, -0.15) is 5.10 Å². The Kier molecular flexibility index (Phi) is 4.11. The maximum absolute atomic E-state index is 11.8. The molecule has 0 saturated carbocycles. The summed E-state index contributed by atoms with van der Waals surface area (Å²) < 4.78 is 1.91. The zero-order valence-corrected chi connectivity index (χ0v) is 12.2. The highest BCUT2D eigenvalue weighted by Gasteiger charge is 2.33. The van der Waals surface area contributed by atoms with E-state index in [0.717, 1.165) is 17.8 Å². The molecule has 2 heterocycles. The number of aliphatic carboxylic acids is 1. The second kappa shape index (κ2) is 5.64. The number of carboxylic acids is 1. The highest BCUT2D eigenvalue weighted by atomic mass is 16.4. The van der Waals surface area contributed by atoms with Gasteiger partial charge >= 0.3 is 5.97 Å². The first kappa shape index (κ1) is 14.6. The normalized spacial score (nSPS) is 18.9. The average Bonchev–Trinajstić information content (AvgIpc) is 2.88. The fraction of sp³-hybridized carbons (Fsp3) is 0.643. The SMILES string of the molecule is CCc1c(C)nn(CCN2CC(C(=O)O)CC2=O)c1C. The summed E-state index contributed by atoms with van der Waals surface area (Å²) in [5, 5.41) is 13.4. The van der Waals surface area contributed by atoms with Crippen molar-refractivity contribution in [1.29, 1.82) is 0 Å². The Morgan fingerprint density at radius 1 is 1.40 bits per heavy atom. The van der Waals surface area contributed by atoms with Crippen LogP contribution in [0.15, 0.2) is 0 Å². The number of aromatic nitrogens is 2. The molecule has 1 N–H and O–H groups in total. The van der Waals surface area contributed by atoms with E-state index in [1.807, 2.05) is 18.5 Å². The second-order valence-electron chi connectivity index (χ2n) is 5.31. The number of likely N-dealkylation sites (tertiary alicyclic amines) is 1. The summed E-state index contributed by atoms with van der Waals surface area (Å²) in [4.78, 5) is 24.3. The minimum absolute atomic E-state index is 0.0744. The maximum atomic E-state index is 11.8. The summed E-state index contributed by atoms with van der Waals surface area (Å²) in [6, 6.07) is 0. The smallest absolute Gasteiger partial charge is 0.308 e. The molecule has 2 rings (SSSR count). The van der Waals surface area contributed by atoms with Crippen molar-refractivity contribution >= 4 is 11.9 Å². The van der Waals surface area contributed by atoms with Crippen LogP contribution >= 0.6 is 0 Å². The van der Waals surface area contributed by atoms with E-state index in [9.17, 15) is 9.59 Å². The Balaban J connectivity index is 1.99. The number of aryl methyl sites for hydroxylation is 1. The molecule has 1 amide bonds. The quantitative estimate of drug-likeness (QED) is 0.872. The largest absolute Gasteiger partial charge is 0.481 e. The number of carboxylic acid groups (broad SMARTS) is 1. The van der Waals surface area contributed by atoms with E-state index in [1.54, 1.807) is 4.90 Å². The maximum Gasteiger partial charge on any atom is 0.308 e. The molecule has 6 heteroatoms. The van der Waals surface area contributed by atoms with Gasteiger partial charge in [-0.3, -0.25) is 14.3 Å². The first-order chi connectivity index (χ1) is 9.43. The van der Waals surface area contributed by atoms with Gasteiger partial charge in [0.05, 0.1) is 18.2 Å². The van der Waals surface area contributed by atoms with Gasteiger partial charge in [-0.05, 0) is 25.8 Å². The van der Waals surface area contributed by atoms with Gasteiger partial charge < -0.3 is 10.0 Å². The van der Waals surface area contributed by atoms with Crippen molar-refractivity contribution in [3.63, 3.8) is 0 Å². The third-order valence-corrected chi connectivity index (χ3v) is 4.03. The van der Waals surface area contributed by atoms with Crippen molar-refractivity contribution in [3.05, 3.63) is 17.0 Å². The highest BCUT2D eigenvalue weighted by Crippen LogP contribution is 2.18. The Bertz CT molecular complexity index is 536. The topological polar surface area (TPSA) is 75.4 Å². The van der Waals surface area contributed by atoms with Crippen molar-refractivity contribution in [2.24, 2.45) is 5.92 Å². The number of hydrogen-bond donors (Lipinski definition) is 1. The average molecular weight is 279 g/mol. The van der Waals surface area contributed by atoms with Crippen molar-refractivity contribution < 1.29 is 14.7 Å². The molecule has 6 nitrogen and oxygen atoms in total. The molecule has 20 heavy (non-hydrogen) atoms. The van der Waals surface area contributed by atoms with Crippen LogP contribution < -0.4 is 0 Å². The fourth-order valence-corrected chi connectivity index (χ4v) is 2.83. The molecule has 110 valence electrons. The van der Waals surface area contributed by atoms with Gasteiger partial charge in [-0.25, -0.2) is 0 Å². The molecule has 0 aliphatic carbocycles. The van der Waals surface area contributed by atoms with Crippen molar-refractivity contribution in [2.75, 3.05) is 13.1 Å². The number of nitrogens with zero attached hydrogens (tertiary/aromatic N) is 3. The summed E-state index contributed by atoms with van der Waals surface area (Å²) in [5.41, 5.74) is 3.41. The lowest BCUT2D eigenvalue weighted by Crippen LogP contribution is -2.30. The summed E-state index contributed by atoms with van der Waals surface area (Å²) in [6.45, 7) is 7.57. The summed E-state index contributed by atoms with van der Waals surface area (Å²) in [7, 11) is 0. The van der Waals surface area contributed by atoms with Gasteiger partial charge in [0.15, 0.2) is 0 Å². The zero-order valence-electron chi connectivity index (χ0n) is 12.2. The van der Waals surface area contributed by atoms with Gasteiger partial charge in [0, 0.05) is 25.2 Å². The van der Waals surface area contributed by atoms with Crippen LogP contribution in [0.4, 0.5) is 0 Å². The molecule has 1 unspecified atom stereocenters. The van der Waals surface area contributed by atoms with Crippen LogP contribution in [0, 0.1) is 19.8 Å². The number of amides is 1. The molecule has 1 aromatic rings. The van der Waals surface area contributed by atoms with E-state index >= 15 is 0 Å². The lowest BCUT2D eigenvalue weighted by atomic mass is 10.1. The molecular formula is C14H21N3O3. The molecule has 0 radical (unpaired) electrons. The molecule has 1 aliphatic heterocycles. The molecular weight excluding hydrogens is 258 g/mol. The van der Waals surface area contributed by atoms with Crippen LogP contribution in [0.25, 0.3) is 0 Å². The van der Waals surface area contributed by atoms with E-state index < -0.39 is 11.9 Å². The van der Waals surface area contributed by atoms with Crippen LogP contribution in [0.5, 0.6) is 0 Å². The van der Waals surface area contributed by atoms with Gasteiger partial charge in [-0.1, -0.05) is 6.92 Å². The molecule has 1 saturated heterocycles. The minimum atomic E-state index is -0.889. The Morgan fingerprint density at radius 3 is 2.60 bits per heavy atom. The summed E-state index contributed by atoms with van der Waals surface area (Å²) in [5.74, 6) is -1.52. The van der Waals surface area contributed by atoms with Crippen LogP contribution in [0.2, 0.25) is 0 Å². The van der Waals surface area contributed by atoms with E-state index in [4.69, 9.17) is 5.11 Å². The molecule has 0 bridgehead atoms. The third-order valence-electron chi connectivity index (χ3n) is 4.03. The molecule has 1 atom stereocenters. The Labute approximate surface area is 118 Å². The lowest BCUT2D eigenvalue weighted by molar-refractivity contribution is -0.141. The number of rotatable bonds is 5. The highest BCUT2D eigenvalue weighted by molar-refractivity contribution is 5.86. The standard InChI is InChI=1S/C14H21N3O3/c1-4-12-9(2)15-17(10(12)3)6-5-16-8-11(14(19)20)7-13(16)18/h11H,4-8H2,1-3H3,(H,19,20). The van der Waals surface area contributed by atoms with Gasteiger partial charge in [0.2, 0.25) is 5.91 Å². The first-order valence-electron chi connectivity index (χ1n) is 6.97. The summed E-state index contributed by atoms with van der Waals surface area (Å²) >= 11 is 0. The minimum Gasteiger partial charge on any atom is -0.481 e. The van der Waals surface area contributed by atoms with Gasteiger partial charge in [0.25, 0.3) is 0 Å². The van der Waals surface area contributed by atoms with Gasteiger partial charge in [-0.15, -0.1) is 0 Å². The van der Waals surface area contributed by atoms with Gasteiger partial charge in [0.1, 0.15) is 0 Å². The molecule has 1 aliphatic rings. The summed E-state index contributed by atoms with van der Waals surface area (Å²) in [6.07, 6.45) is 1.06. The zero-order chi connectivity index (χ0) is 14.9. The number of hydrogen-bond acceptors (Lipinski definition) is 3. The monoisotopic (exact) mass is 279 g/mol. The number of carbonyl (C=O) groups is 2. The van der Waals surface area contributed by atoms with E-state index in [-0.39, 0.29) is 12.3 Å². The third kappa shape index (κ3) is 2.69. The predicted molar refractivity (Wildman–Crippen MR) is 73.4 cm³/mol. The molecule has 1 aromatic heterocycles. The van der Waals surface area contributed by atoms with E-state index in [2.05, 4.69) is 12.0 Å². The predicted octanol–water partition coefficient (Wildman–Crippen LogP) is 0.995.